The van der Waals surface area contributed by atoms with Crippen LogP contribution < -0.4 is 10.1 Å². The number of halogens is 1. The maximum atomic E-state index is 13.2. The van der Waals surface area contributed by atoms with Gasteiger partial charge >= 0.3 is 0 Å². The molecule has 1 fully saturated rings. The molecular weight excluding hydrogens is 241 g/mol. The average molecular weight is 265 g/mol. The first-order valence-corrected chi connectivity index (χ1v) is 7.38. The zero-order valence-electron chi connectivity index (χ0n) is 11.9. The summed E-state index contributed by atoms with van der Waals surface area (Å²) in [5.74, 6) is 1.14. The van der Waals surface area contributed by atoms with Crippen molar-refractivity contribution < 1.29 is 9.13 Å². The van der Waals surface area contributed by atoms with E-state index in [1.807, 2.05) is 6.07 Å². The van der Waals surface area contributed by atoms with Gasteiger partial charge in [-0.3, -0.25) is 0 Å². The minimum absolute atomic E-state index is 0.153. The van der Waals surface area contributed by atoms with Gasteiger partial charge in [-0.2, -0.15) is 0 Å². The summed E-state index contributed by atoms with van der Waals surface area (Å²) in [5, 5.41) is 3.50. The molecule has 3 atom stereocenters. The molecule has 0 radical (unpaired) electrons. The number of ether oxygens (including phenoxy) is 1. The fourth-order valence-corrected chi connectivity index (χ4v) is 2.92. The van der Waals surface area contributed by atoms with Gasteiger partial charge in [0.15, 0.2) is 0 Å². The van der Waals surface area contributed by atoms with Crippen molar-refractivity contribution in [2.24, 2.45) is 5.92 Å². The van der Waals surface area contributed by atoms with Gasteiger partial charge in [0.05, 0.1) is 0 Å². The number of benzene rings is 1. The van der Waals surface area contributed by atoms with Gasteiger partial charge in [0.2, 0.25) is 0 Å². The molecule has 19 heavy (non-hydrogen) atoms. The molecule has 3 heteroatoms. The quantitative estimate of drug-likeness (QED) is 0.875. The van der Waals surface area contributed by atoms with Crippen LogP contribution in [0.3, 0.4) is 0 Å². The minimum Gasteiger partial charge on any atom is -0.489 e. The Bertz CT molecular complexity index is 396. The third-order valence-corrected chi connectivity index (χ3v) is 4.03. The van der Waals surface area contributed by atoms with Crippen LogP contribution in [0.15, 0.2) is 24.3 Å². The fourth-order valence-electron chi connectivity index (χ4n) is 2.92. The van der Waals surface area contributed by atoms with Gasteiger partial charge in [0.1, 0.15) is 17.7 Å². The predicted octanol–water partition coefficient (Wildman–Crippen LogP) is 3.76. The van der Waals surface area contributed by atoms with Gasteiger partial charge in [-0.25, -0.2) is 4.39 Å². The summed E-state index contributed by atoms with van der Waals surface area (Å²) in [4.78, 5) is 0. The van der Waals surface area contributed by atoms with Crippen LogP contribution in [0.25, 0.3) is 0 Å². The van der Waals surface area contributed by atoms with Crippen molar-refractivity contribution in [2.75, 3.05) is 6.54 Å². The molecular formula is C16H24FNO. The van der Waals surface area contributed by atoms with Crippen molar-refractivity contribution in [1.29, 1.82) is 0 Å². The molecule has 0 amide bonds. The van der Waals surface area contributed by atoms with Crippen LogP contribution in [0.1, 0.15) is 39.5 Å². The molecule has 1 aromatic carbocycles. The molecule has 2 nitrogen and oxygen atoms in total. The van der Waals surface area contributed by atoms with E-state index < -0.39 is 0 Å². The molecule has 0 aliphatic heterocycles. The highest BCUT2D eigenvalue weighted by Gasteiger charge is 2.30. The first-order chi connectivity index (χ1) is 9.22. The van der Waals surface area contributed by atoms with Gasteiger partial charge in [-0.15, -0.1) is 0 Å². The van der Waals surface area contributed by atoms with E-state index in [1.165, 1.54) is 25.0 Å². The summed E-state index contributed by atoms with van der Waals surface area (Å²) in [6.07, 6.45) is 4.82. The zero-order chi connectivity index (χ0) is 13.7. The Balaban J connectivity index is 2.04. The highest BCUT2D eigenvalue weighted by Crippen LogP contribution is 2.30. The van der Waals surface area contributed by atoms with Crippen molar-refractivity contribution in [3.63, 3.8) is 0 Å². The Kier molecular flexibility index (Phi) is 5.20. The van der Waals surface area contributed by atoms with E-state index in [-0.39, 0.29) is 11.9 Å². The van der Waals surface area contributed by atoms with Crippen LogP contribution in [0.4, 0.5) is 4.39 Å². The van der Waals surface area contributed by atoms with Gasteiger partial charge in [0, 0.05) is 12.1 Å². The van der Waals surface area contributed by atoms with E-state index in [0.29, 0.717) is 11.8 Å². The molecule has 0 aromatic heterocycles. The summed E-state index contributed by atoms with van der Waals surface area (Å²) in [7, 11) is 0. The molecule has 0 bridgehead atoms. The third-order valence-electron chi connectivity index (χ3n) is 4.03. The number of rotatable bonds is 5. The molecule has 1 aromatic rings. The molecule has 0 saturated heterocycles. The van der Waals surface area contributed by atoms with Crippen molar-refractivity contribution >= 4 is 0 Å². The highest BCUT2D eigenvalue weighted by atomic mass is 19.1. The number of likely N-dealkylation sites (N-methyl/N-ethyl adjacent to an activating group) is 1. The van der Waals surface area contributed by atoms with Crippen LogP contribution in [0, 0.1) is 11.7 Å². The molecule has 106 valence electrons. The summed E-state index contributed by atoms with van der Waals surface area (Å²) in [5.41, 5.74) is 0. The Morgan fingerprint density at radius 2 is 2.16 bits per heavy atom. The molecule has 1 aliphatic rings. The molecule has 1 aliphatic carbocycles. The predicted molar refractivity (Wildman–Crippen MR) is 75.9 cm³/mol. The maximum Gasteiger partial charge on any atom is 0.126 e. The lowest BCUT2D eigenvalue weighted by Crippen LogP contribution is -2.47. The topological polar surface area (TPSA) is 21.3 Å². The number of hydrogen-bond donors (Lipinski definition) is 1. The van der Waals surface area contributed by atoms with Crippen LogP contribution in [0.2, 0.25) is 0 Å². The second-order valence-electron chi connectivity index (χ2n) is 5.37. The highest BCUT2D eigenvalue weighted by molar-refractivity contribution is 5.23. The molecule has 1 N–H and O–H groups in total. The smallest absolute Gasteiger partial charge is 0.126 e. The van der Waals surface area contributed by atoms with Crippen molar-refractivity contribution in [2.45, 2.75) is 51.7 Å². The second kappa shape index (κ2) is 6.90. The van der Waals surface area contributed by atoms with Crippen molar-refractivity contribution in [1.82, 2.24) is 5.32 Å². The molecule has 0 spiro atoms. The molecule has 3 unspecified atom stereocenters. The summed E-state index contributed by atoms with van der Waals surface area (Å²) in [6, 6.07) is 6.84. The third kappa shape index (κ3) is 3.93. The lowest BCUT2D eigenvalue weighted by atomic mass is 9.82. The van der Waals surface area contributed by atoms with Gasteiger partial charge in [0.25, 0.3) is 0 Å². The van der Waals surface area contributed by atoms with E-state index in [2.05, 4.69) is 19.2 Å². The standard InChI is InChI=1S/C16H24FNO/c1-3-12-8-9-15(18-4-2)16(10-12)19-14-7-5-6-13(17)11-14/h5-7,11-12,15-16,18H,3-4,8-10H2,1-2H3. The summed E-state index contributed by atoms with van der Waals surface area (Å²) < 4.78 is 19.2. The number of nitrogens with one attached hydrogen (secondary N) is 1. The minimum atomic E-state index is -0.236. The van der Waals surface area contributed by atoms with Crippen LogP contribution in [0.5, 0.6) is 5.75 Å². The molecule has 1 saturated carbocycles. The van der Waals surface area contributed by atoms with Gasteiger partial charge in [-0.05, 0) is 43.9 Å². The normalized spacial score (nSPS) is 27.2. The molecule has 0 heterocycles. The Morgan fingerprint density at radius 1 is 1.32 bits per heavy atom. The lowest BCUT2D eigenvalue weighted by Gasteiger charge is -2.36. The Hall–Kier alpha value is -1.09. The second-order valence-corrected chi connectivity index (χ2v) is 5.37. The first kappa shape index (κ1) is 14.3. The van der Waals surface area contributed by atoms with E-state index in [4.69, 9.17) is 4.74 Å². The number of hydrogen-bond acceptors (Lipinski definition) is 2. The van der Waals surface area contributed by atoms with Crippen LogP contribution in [-0.4, -0.2) is 18.7 Å². The van der Waals surface area contributed by atoms with Crippen molar-refractivity contribution in [3.8, 4) is 5.75 Å². The zero-order valence-corrected chi connectivity index (χ0v) is 11.9. The fraction of sp³-hybridized carbons (Fsp3) is 0.625. The summed E-state index contributed by atoms with van der Waals surface area (Å²) in [6.45, 7) is 5.30. The van der Waals surface area contributed by atoms with Crippen LogP contribution >= 0.6 is 0 Å². The largest absolute Gasteiger partial charge is 0.489 e. The maximum absolute atomic E-state index is 13.2. The van der Waals surface area contributed by atoms with E-state index >= 15 is 0 Å². The average Bonchev–Trinajstić information content (AvgIpc) is 2.41. The monoisotopic (exact) mass is 265 g/mol. The van der Waals surface area contributed by atoms with Gasteiger partial charge < -0.3 is 10.1 Å². The summed E-state index contributed by atoms with van der Waals surface area (Å²) >= 11 is 0. The SMILES string of the molecule is CCNC1CCC(CC)CC1Oc1cccc(F)c1. The van der Waals surface area contributed by atoms with Crippen LogP contribution in [-0.2, 0) is 0 Å². The van der Waals surface area contributed by atoms with E-state index in [9.17, 15) is 4.39 Å². The van der Waals surface area contributed by atoms with E-state index in [1.54, 1.807) is 6.07 Å². The lowest BCUT2D eigenvalue weighted by molar-refractivity contribution is 0.0853. The van der Waals surface area contributed by atoms with E-state index in [0.717, 1.165) is 25.3 Å². The first-order valence-electron chi connectivity index (χ1n) is 7.38. The van der Waals surface area contributed by atoms with Crippen molar-refractivity contribution in [3.05, 3.63) is 30.1 Å². The Labute approximate surface area is 115 Å². The molecule has 2 rings (SSSR count). The van der Waals surface area contributed by atoms with Gasteiger partial charge in [-0.1, -0.05) is 26.3 Å². The Morgan fingerprint density at radius 3 is 2.84 bits per heavy atom.